The summed E-state index contributed by atoms with van der Waals surface area (Å²) in [7, 11) is 0. The van der Waals surface area contributed by atoms with E-state index in [1.54, 1.807) is 0 Å². The molecule has 1 aliphatic rings. The Kier molecular flexibility index (Phi) is 3.74. The number of anilines is 1. The number of urea groups is 1. The Hall–Kier alpha value is -2.15. The molecule has 0 atom stereocenters. The Morgan fingerprint density at radius 1 is 1.48 bits per heavy atom. The molecule has 8 heteroatoms. The molecule has 2 aromatic rings. The number of carbonyl (C=O) groups excluding carboxylic acids is 1. The fourth-order valence-corrected chi connectivity index (χ4v) is 2.05. The van der Waals surface area contributed by atoms with Crippen LogP contribution in [0.5, 0.6) is 0 Å². The second kappa shape index (κ2) is 5.69. The summed E-state index contributed by atoms with van der Waals surface area (Å²) in [4.78, 5) is 16.0. The third kappa shape index (κ3) is 3.49. The Bertz CT molecular complexity index is 670. The molecular weight excluding hydrogens is 297 g/mol. The first kappa shape index (κ1) is 13.8. The zero-order chi connectivity index (χ0) is 14.8. The van der Waals surface area contributed by atoms with Gasteiger partial charge in [-0.05, 0) is 31.0 Å². The monoisotopic (exact) mass is 309 g/mol. The molecule has 6 nitrogen and oxygen atoms in total. The minimum atomic E-state index is -0.458. The van der Waals surface area contributed by atoms with Crippen molar-refractivity contribution in [3.05, 3.63) is 40.7 Å². The molecule has 21 heavy (non-hydrogen) atoms. The van der Waals surface area contributed by atoms with E-state index in [4.69, 9.17) is 11.6 Å². The highest BCUT2D eigenvalue weighted by Gasteiger charge is 2.27. The summed E-state index contributed by atoms with van der Waals surface area (Å²) < 4.78 is 12.9. The van der Waals surface area contributed by atoms with Gasteiger partial charge in [0.05, 0.1) is 17.3 Å². The Morgan fingerprint density at radius 2 is 2.29 bits per heavy atom. The number of aromatic amines is 1. The van der Waals surface area contributed by atoms with Crippen molar-refractivity contribution >= 4 is 23.3 Å². The van der Waals surface area contributed by atoms with E-state index >= 15 is 0 Å². The second-order valence-electron chi connectivity index (χ2n) is 4.85. The lowest BCUT2D eigenvalue weighted by Gasteiger charge is -2.07. The lowest BCUT2D eigenvalue weighted by Crippen LogP contribution is -2.28. The molecular formula is C13H13ClFN5O. The van der Waals surface area contributed by atoms with Crippen LogP contribution in [0.2, 0.25) is 5.02 Å². The first-order valence-electron chi connectivity index (χ1n) is 6.53. The van der Waals surface area contributed by atoms with Crippen LogP contribution in [0.3, 0.4) is 0 Å². The predicted octanol–water partition coefficient (Wildman–Crippen LogP) is 2.80. The maximum absolute atomic E-state index is 12.9. The van der Waals surface area contributed by atoms with Crippen LogP contribution in [-0.4, -0.2) is 21.2 Å². The number of hydrogen-bond donors (Lipinski definition) is 3. The summed E-state index contributed by atoms with van der Waals surface area (Å²) in [5, 5.41) is 12.2. The molecule has 0 saturated heterocycles. The van der Waals surface area contributed by atoms with E-state index < -0.39 is 11.8 Å². The molecule has 2 amide bonds. The fraction of sp³-hybridized carbons (Fsp3) is 0.308. The van der Waals surface area contributed by atoms with Crippen molar-refractivity contribution in [2.24, 2.45) is 0 Å². The van der Waals surface area contributed by atoms with Crippen molar-refractivity contribution in [1.82, 2.24) is 20.5 Å². The van der Waals surface area contributed by atoms with Gasteiger partial charge in [0, 0.05) is 5.92 Å². The standard InChI is InChI=1S/C13H13ClFN5O/c14-9-5-8(15)3-4-10(9)17-13(21)16-6-11-18-12(20-19-11)7-1-2-7/h3-5,7H,1-2,6H2,(H2,16,17,21)(H,18,19,20). The minimum Gasteiger partial charge on any atom is -0.331 e. The fourth-order valence-electron chi connectivity index (χ4n) is 1.83. The average molecular weight is 310 g/mol. The normalized spacial score (nSPS) is 14.0. The molecule has 1 saturated carbocycles. The maximum Gasteiger partial charge on any atom is 0.319 e. The van der Waals surface area contributed by atoms with E-state index in [0.29, 0.717) is 17.4 Å². The molecule has 0 aliphatic heterocycles. The number of nitrogens with zero attached hydrogens (tertiary/aromatic N) is 2. The summed E-state index contributed by atoms with van der Waals surface area (Å²) in [5.41, 5.74) is 0.340. The van der Waals surface area contributed by atoms with Crippen molar-refractivity contribution in [1.29, 1.82) is 0 Å². The first-order chi connectivity index (χ1) is 10.1. The molecule has 1 aliphatic carbocycles. The Morgan fingerprint density at radius 3 is 3.00 bits per heavy atom. The lowest BCUT2D eigenvalue weighted by atomic mass is 10.3. The number of amides is 2. The highest BCUT2D eigenvalue weighted by atomic mass is 35.5. The molecule has 1 aromatic carbocycles. The summed E-state index contributed by atoms with van der Waals surface area (Å²) in [6.45, 7) is 0.227. The van der Waals surface area contributed by atoms with Crippen molar-refractivity contribution in [3.63, 3.8) is 0 Å². The van der Waals surface area contributed by atoms with E-state index in [1.807, 2.05) is 0 Å². The minimum absolute atomic E-state index is 0.140. The number of hydrogen-bond acceptors (Lipinski definition) is 3. The van der Waals surface area contributed by atoms with Crippen LogP contribution in [0, 0.1) is 5.82 Å². The SMILES string of the molecule is O=C(NCc1nc(C2CC2)n[nH]1)Nc1ccc(F)cc1Cl. The molecule has 3 rings (SSSR count). The largest absolute Gasteiger partial charge is 0.331 e. The summed E-state index contributed by atoms with van der Waals surface area (Å²) in [6.07, 6.45) is 2.24. The molecule has 0 radical (unpaired) electrons. The second-order valence-corrected chi connectivity index (χ2v) is 5.25. The number of aromatic nitrogens is 3. The van der Waals surface area contributed by atoms with Crippen LogP contribution >= 0.6 is 11.6 Å². The van der Waals surface area contributed by atoms with Gasteiger partial charge in [0.1, 0.15) is 11.6 Å². The quantitative estimate of drug-likeness (QED) is 0.812. The van der Waals surface area contributed by atoms with Gasteiger partial charge in [0.15, 0.2) is 5.82 Å². The molecule has 0 bridgehead atoms. The van der Waals surface area contributed by atoms with Gasteiger partial charge >= 0.3 is 6.03 Å². The van der Waals surface area contributed by atoms with E-state index in [-0.39, 0.29) is 11.6 Å². The van der Waals surface area contributed by atoms with Gasteiger partial charge in [-0.2, -0.15) is 5.10 Å². The van der Waals surface area contributed by atoms with Crippen LogP contribution in [0.25, 0.3) is 0 Å². The number of H-pyrrole nitrogens is 1. The zero-order valence-corrected chi connectivity index (χ0v) is 11.7. The van der Waals surface area contributed by atoms with Gasteiger partial charge < -0.3 is 10.6 Å². The van der Waals surface area contributed by atoms with E-state index in [0.717, 1.165) is 24.7 Å². The molecule has 0 unspecified atom stereocenters. The maximum atomic E-state index is 12.9. The van der Waals surface area contributed by atoms with Crippen LogP contribution < -0.4 is 10.6 Å². The smallest absolute Gasteiger partial charge is 0.319 e. The predicted molar refractivity (Wildman–Crippen MR) is 75.6 cm³/mol. The Balaban J connectivity index is 1.53. The van der Waals surface area contributed by atoms with Crippen molar-refractivity contribution < 1.29 is 9.18 Å². The van der Waals surface area contributed by atoms with E-state index in [2.05, 4.69) is 25.8 Å². The van der Waals surface area contributed by atoms with Gasteiger partial charge in [-0.25, -0.2) is 14.2 Å². The molecule has 1 fully saturated rings. The van der Waals surface area contributed by atoms with Crippen molar-refractivity contribution in [2.75, 3.05) is 5.32 Å². The summed E-state index contributed by atoms with van der Waals surface area (Å²) >= 11 is 5.82. The topological polar surface area (TPSA) is 82.7 Å². The molecule has 0 spiro atoms. The van der Waals surface area contributed by atoms with Crippen LogP contribution in [0.4, 0.5) is 14.9 Å². The zero-order valence-electron chi connectivity index (χ0n) is 11.0. The van der Waals surface area contributed by atoms with E-state index in [1.165, 1.54) is 12.1 Å². The molecule has 1 aromatic heterocycles. The lowest BCUT2D eigenvalue weighted by molar-refractivity contribution is 0.251. The molecule has 110 valence electrons. The summed E-state index contributed by atoms with van der Waals surface area (Å²) in [6, 6.07) is 3.31. The Labute approximate surface area is 125 Å². The third-order valence-corrected chi connectivity index (χ3v) is 3.40. The molecule has 3 N–H and O–H groups in total. The van der Waals surface area contributed by atoms with Gasteiger partial charge in [-0.3, -0.25) is 5.10 Å². The number of nitrogens with one attached hydrogen (secondary N) is 3. The highest BCUT2D eigenvalue weighted by molar-refractivity contribution is 6.33. The number of halogens is 2. The van der Waals surface area contributed by atoms with Crippen molar-refractivity contribution in [3.8, 4) is 0 Å². The molecule has 1 heterocycles. The third-order valence-electron chi connectivity index (χ3n) is 3.09. The first-order valence-corrected chi connectivity index (χ1v) is 6.90. The van der Waals surface area contributed by atoms with Crippen LogP contribution in [0.15, 0.2) is 18.2 Å². The van der Waals surface area contributed by atoms with E-state index in [9.17, 15) is 9.18 Å². The van der Waals surface area contributed by atoms with Gasteiger partial charge in [0.25, 0.3) is 0 Å². The highest BCUT2D eigenvalue weighted by Crippen LogP contribution is 2.37. The van der Waals surface area contributed by atoms with Crippen LogP contribution in [0.1, 0.15) is 30.4 Å². The average Bonchev–Trinajstić information content (AvgIpc) is 3.19. The number of carbonyl (C=O) groups is 1. The number of benzene rings is 1. The van der Waals surface area contributed by atoms with Crippen LogP contribution in [-0.2, 0) is 6.54 Å². The van der Waals surface area contributed by atoms with Gasteiger partial charge in [-0.1, -0.05) is 11.6 Å². The van der Waals surface area contributed by atoms with Crippen molar-refractivity contribution in [2.45, 2.75) is 25.3 Å². The number of rotatable bonds is 4. The van der Waals surface area contributed by atoms with Gasteiger partial charge in [-0.15, -0.1) is 0 Å². The summed E-state index contributed by atoms with van der Waals surface area (Å²) in [5.74, 6) is 1.40. The van der Waals surface area contributed by atoms with Gasteiger partial charge in [0.2, 0.25) is 0 Å².